The maximum absolute atomic E-state index is 11.7. The van der Waals surface area contributed by atoms with Crippen molar-refractivity contribution in [1.82, 2.24) is 0 Å². The second kappa shape index (κ2) is 9.79. The van der Waals surface area contributed by atoms with Gasteiger partial charge in [-0.3, -0.25) is 0 Å². The first-order valence-electron chi connectivity index (χ1n) is 9.73. The lowest BCUT2D eigenvalue weighted by Gasteiger charge is -2.43. The van der Waals surface area contributed by atoms with Crippen molar-refractivity contribution in [2.24, 2.45) is 5.92 Å². The first-order valence-corrected chi connectivity index (χ1v) is 9.73. The summed E-state index contributed by atoms with van der Waals surface area (Å²) in [6, 6.07) is 10.5. The van der Waals surface area contributed by atoms with Crippen LogP contribution < -0.4 is 12.4 Å². The Kier molecular flexibility index (Phi) is 8.76. The third-order valence-electron chi connectivity index (χ3n) is 6.53. The number of hydrogen-bond donors (Lipinski definition) is 1. The lowest BCUT2D eigenvalue weighted by atomic mass is 9.71. The summed E-state index contributed by atoms with van der Waals surface area (Å²) in [5.74, 6) is 0.422. The molecule has 2 rings (SSSR count). The van der Waals surface area contributed by atoms with Crippen LogP contribution in [0.2, 0.25) is 0 Å². The van der Waals surface area contributed by atoms with Crippen molar-refractivity contribution >= 4 is 0 Å². The van der Waals surface area contributed by atoms with Crippen molar-refractivity contribution in [2.75, 3.05) is 26.2 Å². The Hall–Kier alpha value is -0.570. The number of hydrogen-bond acceptors (Lipinski definition) is 1. The third-order valence-corrected chi connectivity index (χ3v) is 6.53. The summed E-state index contributed by atoms with van der Waals surface area (Å²) in [5, 5.41) is 11.7. The van der Waals surface area contributed by atoms with Gasteiger partial charge in [0.1, 0.15) is 0 Å². The molecule has 0 aliphatic heterocycles. The summed E-state index contributed by atoms with van der Waals surface area (Å²) >= 11 is 0. The number of quaternary nitrogens is 1. The highest BCUT2D eigenvalue weighted by molar-refractivity contribution is 5.23. The van der Waals surface area contributed by atoms with Crippen LogP contribution in [0.3, 0.4) is 0 Å². The second-order valence-electron chi connectivity index (χ2n) is 7.39. The Morgan fingerprint density at radius 1 is 0.958 bits per heavy atom. The first-order chi connectivity index (χ1) is 11.1. The van der Waals surface area contributed by atoms with Gasteiger partial charge in [0, 0.05) is 6.42 Å². The molecule has 0 heterocycles. The first kappa shape index (κ1) is 21.5. The average molecular weight is 354 g/mol. The van der Waals surface area contributed by atoms with Gasteiger partial charge in [-0.25, -0.2) is 0 Å². The molecule has 24 heavy (non-hydrogen) atoms. The predicted octanol–water partition coefficient (Wildman–Crippen LogP) is 1.73. The Labute approximate surface area is 155 Å². The van der Waals surface area contributed by atoms with E-state index in [2.05, 4.69) is 51.1 Å². The summed E-state index contributed by atoms with van der Waals surface area (Å²) < 4.78 is 1.11. The molecule has 1 fully saturated rings. The number of benzene rings is 1. The topological polar surface area (TPSA) is 20.2 Å². The molecule has 1 saturated carbocycles. The predicted molar refractivity (Wildman–Crippen MR) is 98.3 cm³/mol. The lowest BCUT2D eigenvalue weighted by Crippen LogP contribution is -3.00. The molecule has 0 bridgehead atoms. The monoisotopic (exact) mass is 353 g/mol. The van der Waals surface area contributed by atoms with Crippen molar-refractivity contribution in [1.29, 1.82) is 0 Å². The van der Waals surface area contributed by atoms with E-state index in [4.69, 9.17) is 0 Å². The van der Waals surface area contributed by atoms with Crippen molar-refractivity contribution < 1.29 is 22.0 Å². The van der Waals surface area contributed by atoms with Gasteiger partial charge in [0.15, 0.2) is 0 Å². The van der Waals surface area contributed by atoms with E-state index in [9.17, 15) is 5.11 Å². The zero-order valence-electron chi connectivity index (χ0n) is 15.8. The summed E-state index contributed by atoms with van der Waals surface area (Å²) in [6.45, 7) is 11.4. The van der Waals surface area contributed by atoms with Crippen LogP contribution in [0.5, 0.6) is 0 Å². The Bertz CT molecular complexity index is 446. The van der Waals surface area contributed by atoms with Crippen LogP contribution in [0, 0.1) is 5.92 Å². The highest BCUT2D eigenvalue weighted by Gasteiger charge is 2.40. The van der Waals surface area contributed by atoms with E-state index in [1.807, 2.05) is 0 Å². The van der Waals surface area contributed by atoms with Gasteiger partial charge in [-0.05, 0) is 45.1 Å². The average Bonchev–Trinajstić information content (AvgIpc) is 2.64. The van der Waals surface area contributed by atoms with Crippen LogP contribution in [0.1, 0.15) is 64.9 Å². The van der Waals surface area contributed by atoms with E-state index < -0.39 is 5.60 Å². The smallest absolute Gasteiger partial charge is 0.0978 e. The Balaban J connectivity index is 0.00000288. The van der Waals surface area contributed by atoms with Crippen LogP contribution in [0.15, 0.2) is 30.3 Å². The van der Waals surface area contributed by atoms with Gasteiger partial charge >= 0.3 is 0 Å². The van der Waals surface area contributed by atoms with Crippen molar-refractivity contribution in [3.63, 3.8) is 0 Å². The molecule has 138 valence electrons. The fourth-order valence-corrected chi connectivity index (χ4v) is 4.44. The lowest BCUT2D eigenvalue weighted by molar-refractivity contribution is -0.924. The van der Waals surface area contributed by atoms with E-state index in [0.29, 0.717) is 5.92 Å². The van der Waals surface area contributed by atoms with Crippen LogP contribution in [0.4, 0.5) is 0 Å². The summed E-state index contributed by atoms with van der Waals surface area (Å²) in [4.78, 5) is 0. The molecule has 0 saturated heterocycles. The molecule has 1 aliphatic carbocycles. The molecule has 2 nitrogen and oxygen atoms in total. The number of nitrogens with zero attached hydrogens (tertiary/aromatic N) is 1. The SMILES string of the molecule is CC[N+](CC)(CC)CCC(O)(c1ccccc1)C1CCCCC1.[Cl-]. The normalized spacial score (nSPS) is 18.7. The molecule has 0 aromatic heterocycles. The molecule has 1 aliphatic rings. The van der Waals surface area contributed by atoms with Gasteiger partial charge in [0.25, 0.3) is 0 Å². The van der Waals surface area contributed by atoms with E-state index in [1.54, 1.807) is 0 Å². The summed E-state index contributed by atoms with van der Waals surface area (Å²) in [6.07, 6.45) is 7.12. The van der Waals surface area contributed by atoms with Crippen LogP contribution >= 0.6 is 0 Å². The number of rotatable bonds is 8. The molecule has 0 radical (unpaired) electrons. The molecule has 1 aromatic carbocycles. The summed E-state index contributed by atoms with van der Waals surface area (Å²) in [5.41, 5.74) is 0.485. The molecular weight excluding hydrogens is 318 g/mol. The van der Waals surface area contributed by atoms with Crippen molar-refractivity contribution in [3.8, 4) is 0 Å². The largest absolute Gasteiger partial charge is 1.00 e. The van der Waals surface area contributed by atoms with E-state index in [0.717, 1.165) is 42.6 Å². The highest BCUT2D eigenvalue weighted by Crippen LogP contribution is 2.42. The molecule has 1 unspecified atom stereocenters. The van der Waals surface area contributed by atoms with E-state index in [1.165, 1.54) is 32.1 Å². The van der Waals surface area contributed by atoms with Crippen molar-refractivity contribution in [2.45, 2.75) is 64.9 Å². The van der Waals surface area contributed by atoms with Gasteiger partial charge in [-0.2, -0.15) is 0 Å². The van der Waals surface area contributed by atoms with E-state index in [-0.39, 0.29) is 12.4 Å². The number of halogens is 1. The molecular formula is C21H36ClNO. The minimum absolute atomic E-state index is 0. The van der Waals surface area contributed by atoms with E-state index >= 15 is 0 Å². The quantitative estimate of drug-likeness (QED) is 0.706. The molecule has 1 aromatic rings. The van der Waals surface area contributed by atoms with Gasteiger partial charge in [-0.15, -0.1) is 0 Å². The second-order valence-corrected chi connectivity index (χ2v) is 7.39. The summed E-state index contributed by atoms with van der Waals surface area (Å²) in [7, 11) is 0. The van der Waals surface area contributed by atoms with Crippen LogP contribution in [-0.4, -0.2) is 35.8 Å². The molecule has 1 atom stereocenters. The fourth-order valence-electron chi connectivity index (χ4n) is 4.44. The number of aliphatic hydroxyl groups is 1. The Morgan fingerprint density at radius 2 is 1.50 bits per heavy atom. The maximum atomic E-state index is 11.7. The van der Waals surface area contributed by atoms with Crippen LogP contribution in [-0.2, 0) is 5.60 Å². The molecule has 1 N–H and O–H groups in total. The van der Waals surface area contributed by atoms with Gasteiger partial charge in [0.2, 0.25) is 0 Å². The zero-order chi connectivity index (χ0) is 16.8. The standard InChI is InChI=1S/C21H36NO.ClH/c1-4-22(5-2,6-3)18-17-21(23,19-13-9-7-10-14-19)20-15-11-8-12-16-20;/h7,9-10,13-14,20,23H,4-6,8,11-12,15-18H2,1-3H3;1H/q+1;/p-1. The van der Waals surface area contributed by atoms with Crippen LogP contribution in [0.25, 0.3) is 0 Å². The van der Waals surface area contributed by atoms with Gasteiger partial charge in [-0.1, -0.05) is 49.6 Å². The molecule has 0 spiro atoms. The maximum Gasteiger partial charge on any atom is 0.0978 e. The van der Waals surface area contributed by atoms with Crippen molar-refractivity contribution in [3.05, 3.63) is 35.9 Å². The minimum Gasteiger partial charge on any atom is -1.00 e. The van der Waals surface area contributed by atoms with Gasteiger partial charge < -0.3 is 22.0 Å². The fraction of sp³-hybridized carbons (Fsp3) is 0.714. The zero-order valence-corrected chi connectivity index (χ0v) is 16.6. The Morgan fingerprint density at radius 3 is 2.00 bits per heavy atom. The molecule has 3 heteroatoms. The minimum atomic E-state index is -0.648. The third kappa shape index (κ3) is 4.74. The molecule has 0 amide bonds. The highest BCUT2D eigenvalue weighted by atomic mass is 35.5. The van der Waals surface area contributed by atoms with Gasteiger partial charge in [0.05, 0.1) is 31.8 Å².